The first kappa shape index (κ1) is 15.6. The lowest BCUT2D eigenvalue weighted by atomic mass is 10.1. The summed E-state index contributed by atoms with van der Waals surface area (Å²) < 4.78 is 5.96. The molecule has 2 aromatic carbocycles. The minimum atomic E-state index is -0.386. The van der Waals surface area contributed by atoms with Crippen LogP contribution in [0.4, 0.5) is 11.4 Å². The van der Waals surface area contributed by atoms with Gasteiger partial charge in [-0.2, -0.15) is 0 Å². The number of non-ortho nitro benzene ring substituents is 1. The van der Waals surface area contributed by atoms with Crippen LogP contribution in [0.15, 0.2) is 42.5 Å². The van der Waals surface area contributed by atoms with Crippen molar-refractivity contribution >= 4 is 34.0 Å². The molecule has 0 saturated carbocycles. The molecule has 0 bridgehead atoms. The molecule has 0 heterocycles. The Kier molecular flexibility index (Phi) is 5.38. The SMILES string of the molecule is COc1ccc(CCNc2ccc([N+](=O)[O-])cc2I)cc1. The highest BCUT2D eigenvalue weighted by molar-refractivity contribution is 14.1. The highest BCUT2D eigenvalue weighted by Gasteiger charge is 2.08. The van der Waals surface area contributed by atoms with Crippen LogP contribution in [0.2, 0.25) is 0 Å². The Labute approximate surface area is 136 Å². The summed E-state index contributed by atoms with van der Waals surface area (Å²) in [5, 5.41) is 14.0. The predicted octanol–water partition coefficient (Wildman–Crippen LogP) is 3.86. The van der Waals surface area contributed by atoms with E-state index in [1.54, 1.807) is 19.2 Å². The van der Waals surface area contributed by atoms with Gasteiger partial charge in [0.2, 0.25) is 0 Å². The summed E-state index contributed by atoms with van der Waals surface area (Å²) in [6.07, 6.45) is 0.872. The van der Waals surface area contributed by atoms with Crippen molar-refractivity contribution in [2.75, 3.05) is 19.0 Å². The molecular weight excluding hydrogens is 383 g/mol. The third-order valence-electron chi connectivity index (χ3n) is 3.05. The Morgan fingerprint density at radius 2 is 1.95 bits per heavy atom. The van der Waals surface area contributed by atoms with E-state index in [-0.39, 0.29) is 10.6 Å². The molecule has 21 heavy (non-hydrogen) atoms. The quantitative estimate of drug-likeness (QED) is 0.456. The first-order valence-electron chi connectivity index (χ1n) is 6.41. The minimum Gasteiger partial charge on any atom is -0.497 e. The van der Waals surface area contributed by atoms with Gasteiger partial charge in [0.1, 0.15) is 5.75 Å². The number of hydrogen-bond donors (Lipinski definition) is 1. The van der Waals surface area contributed by atoms with Gasteiger partial charge in [0.05, 0.1) is 12.0 Å². The molecule has 2 rings (SSSR count). The van der Waals surface area contributed by atoms with E-state index < -0.39 is 0 Å². The van der Waals surface area contributed by atoms with Gasteiger partial charge < -0.3 is 10.1 Å². The monoisotopic (exact) mass is 398 g/mol. The first-order chi connectivity index (χ1) is 10.1. The van der Waals surface area contributed by atoms with E-state index in [0.29, 0.717) is 0 Å². The predicted molar refractivity (Wildman–Crippen MR) is 91.0 cm³/mol. The summed E-state index contributed by atoms with van der Waals surface area (Å²) in [4.78, 5) is 10.3. The molecule has 0 aromatic heterocycles. The van der Waals surface area contributed by atoms with Crippen molar-refractivity contribution < 1.29 is 9.66 Å². The van der Waals surface area contributed by atoms with Gasteiger partial charge in [-0.3, -0.25) is 10.1 Å². The molecule has 0 amide bonds. The average Bonchev–Trinajstić information content (AvgIpc) is 2.49. The molecule has 2 aromatic rings. The van der Waals surface area contributed by atoms with Gasteiger partial charge in [-0.05, 0) is 52.8 Å². The summed E-state index contributed by atoms with van der Waals surface area (Å²) in [5.74, 6) is 0.844. The lowest BCUT2D eigenvalue weighted by Crippen LogP contribution is -2.06. The van der Waals surface area contributed by atoms with Crippen LogP contribution in [0.5, 0.6) is 5.75 Å². The number of nitro benzene ring substituents is 1. The number of methoxy groups -OCH3 is 1. The number of benzene rings is 2. The summed E-state index contributed by atoms with van der Waals surface area (Å²) in [6.45, 7) is 0.764. The number of hydrogen-bond acceptors (Lipinski definition) is 4. The standard InChI is InChI=1S/C15H15IN2O3/c1-21-13-5-2-11(3-6-13)8-9-17-15-7-4-12(18(19)20)10-14(15)16/h2-7,10,17H,8-9H2,1H3. The second kappa shape index (κ2) is 7.26. The molecule has 0 saturated heterocycles. The molecule has 0 atom stereocenters. The van der Waals surface area contributed by atoms with Crippen LogP contribution in [0.25, 0.3) is 0 Å². The van der Waals surface area contributed by atoms with E-state index in [1.807, 2.05) is 24.3 Å². The normalized spacial score (nSPS) is 10.2. The van der Waals surface area contributed by atoms with Crippen molar-refractivity contribution in [1.29, 1.82) is 0 Å². The molecule has 0 spiro atoms. The zero-order valence-corrected chi connectivity index (χ0v) is 13.7. The smallest absolute Gasteiger partial charge is 0.270 e. The summed E-state index contributed by atoms with van der Waals surface area (Å²) in [5.41, 5.74) is 2.23. The average molecular weight is 398 g/mol. The number of anilines is 1. The highest BCUT2D eigenvalue weighted by Crippen LogP contribution is 2.23. The molecule has 1 N–H and O–H groups in total. The zero-order chi connectivity index (χ0) is 15.2. The molecule has 0 aliphatic carbocycles. The van der Waals surface area contributed by atoms with Crippen molar-refractivity contribution in [3.05, 3.63) is 61.7 Å². The lowest BCUT2D eigenvalue weighted by Gasteiger charge is -2.09. The van der Waals surface area contributed by atoms with E-state index in [9.17, 15) is 10.1 Å². The largest absolute Gasteiger partial charge is 0.497 e. The number of nitrogens with zero attached hydrogens (tertiary/aromatic N) is 1. The first-order valence-corrected chi connectivity index (χ1v) is 7.49. The molecule has 110 valence electrons. The second-order valence-corrected chi connectivity index (χ2v) is 5.61. The van der Waals surface area contributed by atoms with Gasteiger partial charge >= 0.3 is 0 Å². The van der Waals surface area contributed by atoms with Gasteiger partial charge in [0, 0.05) is 27.9 Å². The van der Waals surface area contributed by atoms with Crippen LogP contribution in [0, 0.1) is 13.7 Å². The number of nitrogens with one attached hydrogen (secondary N) is 1. The van der Waals surface area contributed by atoms with Gasteiger partial charge in [-0.1, -0.05) is 12.1 Å². The molecule has 0 fully saturated rings. The van der Waals surface area contributed by atoms with Gasteiger partial charge in [0.15, 0.2) is 0 Å². The summed E-state index contributed by atoms with van der Waals surface area (Å²) in [6, 6.07) is 12.8. The van der Waals surface area contributed by atoms with Gasteiger partial charge in [0.25, 0.3) is 5.69 Å². The molecule has 0 aliphatic heterocycles. The lowest BCUT2D eigenvalue weighted by molar-refractivity contribution is -0.384. The third kappa shape index (κ3) is 4.32. The number of rotatable bonds is 6. The Morgan fingerprint density at radius 3 is 2.52 bits per heavy atom. The number of nitro groups is 1. The Balaban J connectivity index is 1.92. The van der Waals surface area contributed by atoms with E-state index in [0.717, 1.165) is 28.0 Å². The van der Waals surface area contributed by atoms with Crippen LogP contribution in [-0.4, -0.2) is 18.6 Å². The van der Waals surface area contributed by atoms with E-state index in [4.69, 9.17) is 4.74 Å². The molecular formula is C15H15IN2O3. The third-order valence-corrected chi connectivity index (χ3v) is 3.94. The Hall–Kier alpha value is -1.83. The van der Waals surface area contributed by atoms with Crippen LogP contribution in [-0.2, 0) is 6.42 Å². The van der Waals surface area contributed by atoms with Crippen LogP contribution >= 0.6 is 22.6 Å². The number of halogens is 1. The van der Waals surface area contributed by atoms with Crippen molar-refractivity contribution in [1.82, 2.24) is 0 Å². The number of ether oxygens (including phenoxy) is 1. The zero-order valence-electron chi connectivity index (χ0n) is 11.5. The fourth-order valence-corrected chi connectivity index (χ4v) is 2.58. The van der Waals surface area contributed by atoms with Gasteiger partial charge in [-0.25, -0.2) is 0 Å². The highest BCUT2D eigenvalue weighted by atomic mass is 127. The molecule has 0 unspecified atom stereocenters. The van der Waals surface area contributed by atoms with Crippen molar-refractivity contribution in [2.45, 2.75) is 6.42 Å². The van der Waals surface area contributed by atoms with Crippen molar-refractivity contribution in [3.8, 4) is 5.75 Å². The van der Waals surface area contributed by atoms with E-state index in [2.05, 4.69) is 27.9 Å². The topological polar surface area (TPSA) is 64.4 Å². The van der Waals surface area contributed by atoms with Crippen LogP contribution in [0.3, 0.4) is 0 Å². The minimum absolute atomic E-state index is 0.111. The Bertz CT molecular complexity index is 629. The maximum atomic E-state index is 10.7. The molecule has 6 heteroatoms. The fraction of sp³-hybridized carbons (Fsp3) is 0.200. The van der Waals surface area contributed by atoms with Crippen LogP contribution in [0.1, 0.15) is 5.56 Å². The molecule has 5 nitrogen and oxygen atoms in total. The van der Waals surface area contributed by atoms with Crippen LogP contribution < -0.4 is 10.1 Å². The van der Waals surface area contributed by atoms with E-state index >= 15 is 0 Å². The maximum Gasteiger partial charge on any atom is 0.270 e. The second-order valence-electron chi connectivity index (χ2n) is 4.45. The summed E-state index contributed by atoms with van der Waals surface area (Å²) in [7, 11) is 1.65. The van der Waals surface area contributed by atoms with Crippen molar-refractivity contribution in [2.24, 2.45) is 0 Å². The maximum absolute atomic E-state index is 10.7. The van der Waals surface area contributed by atoms with Gasteiger partial charge in [-0.15, -0.1) is 0 Å². The van der Waals surface area contributed by atoms with E-state index in [1.165, 1.54) is 11.6 Å². The Morgan fingerprint density at radius 1 is 1.24 bits per heavy atom. The molecule has 0 radical (unpaired) electrons. The summed E-state index contributed by atoms with van der Waals surface area (Å²) >= 11 is 2.10. The fourth-order valence-electron chi connectivity index (χ4n) is 1.89. The van der Waals surface area contributed by atoms with Crippen molar-refractivity contribution in [3.63, 3.8) is 0 Å². The molecule has 0 aliphatic rings.